The summed E-state index contributed by atoms with van der Waals surface area (Å²) in [4.78, 5) is 21.2. The number of thiazole rings is 1. The van der Waals surface area contributed by atoms with Crippen LogP contribution in [-0.4, -0.2) is 49.2 Å². The highest BCUT2D eigenvalue weighted by Gasteiger charge is 2.18. The number of hydrogen-bond acceptors (Lipinski definition) is 6. The minimum absolute atomic E-state index is 0.169. The molecule has 1 fully saturated rings. The minimum atomic E-state index is 0.169. The third-order valence-corrected chi connectivity index (χ3v) is 6.42. The van der Waals surface area contributed by atoms with Gasteiger partial charge in [-0.05, 0) is 24.3 Å². The van der Waals surface area contributed by atoms with Gasteiger partial charge in [-0.2, -0.15) is 0 Å². The molecule has 0 saturated carbocycles. The first kappa shape index (κ1) is 18.2. The lowest BCUT2D eigenvalue weighted by Gasteiger charge is -2.26. The Bertz CT molecular complexity index is 929. The van der Waals surface area contributed by atoms with Crippen molar-refractivity contribution < 1.29 is 14.3 Å². The second-order valence-corrected chi connectivity index (χ2v) is 8.23. The normalized spacial score (nSPS) is 14.3. The SMILES string of the molecule is COc1cccc(-c2nc(-c3ccc(CC(=O)N4CCOCC4)s3)cs2)c1. The first-order valence-corrected chi connectivity index (χ1v) is 10.5. The second kappa shape index (κ2) is 8.21. The molecule has 0 spiro atoms. The largest absolute Gasteiger partial charge is 0.497 e. The van der Waals surface area contributed by atoms with Crippen molar-refractivity contribution in [2.45, 2.75) is 6.42 Å². The molecule has 7 heteroatoms. The fraction of sp³-hybridized carbons (Fsp3) is 0.300. The van der Waals surface area contributed by atoms with Crippen molar-refractivity contribution in [3.8, 4) is 26.9 Å². The van der Waals surface area contributed by atoms with Crippen LogP contribution in [0, 0.1) is 0 Å². The Labute approximate surface area is 166 Å². The summed E-state index contributed by atoms with van der Waals surface area (Å²) >= 11 is 3.25. The Kier molecular flexibility index (Phi) is 5.52. The summed E-state index contributed by atoms with van der Waals surface area (Å²) in [7, 11) is 1.66. The molecule has 1 aliphatic heterocycles. The number of rotatable bonds is 5. The number of morpholine rings is 1. The van der Waals surface area contributed by atoms with Gasteiger partial charge in [0.2, 0.25) is 5.91 Å². The van der Waals surface area contributed by atoms with Crippen molar-refractivity contribution in [2.24, 2.45) is 0 Å². The zero-order valence-corrected chi connectivity index (χ0v) is 16.6. The third kappa shape index (κ3) is 4.21. The first-order valence-electron chi connectivity index (χ1n) is 8.77. The Morgan fingerprint density at radius 3 is 2.93 bits per heavy atom. The summed E-state index contributed by atoms with van der Waals surface area (Å²) in [6.07, 6.45) is 0.442. The van der Waals surface area contributed by atoms with E-state index >= 15 is 0 Å². The van der Waals surface area contributed by atoms with E-state index in [-0.39, 0.29) is 5.91 Å². The van der Waals surface area contributed by atoms with Gasteiger partial charge in [0.15, 0.2) is 0 Å². The lowest BCUT2D eigenvalue weighted by atomic mass is 10.2. The number of hydrogen-bond donors (Lipinski definition) is 0. The molecule has 140 valence electrons. The van der Waals surface area contributed by atoms with Gasteiger partial charge in [0.05, 0.1) is 37.3 Å². The average Bonchev–Trinajstić information content (AvgIpc) is 3.38. The Hall–Kier alpha value is -2.22. The molecule has 0 bridgehead atoms. The molecule has 0 atom stereocenters. The van der Waals surface area contributed by atoms with Crippen LogP contribution in [0.2, 0.25) is 0 Å². The molecule has 0 unspecified atom stereocenters. The molecular weight excluding hydrogens is 380 g/mol. The molecule has 1 aromatic carbocycles. The number of carbonyl (C=O) groups excluding carboxylic acids is 1. The van der Waals surface area contributed by atoms with Gasteiger partial charge < -0.3 is 14.4 Å². The Morgan fingerprint density at radius 2 is 2.11 bits per heavy atom. The zero-order valence-electron chi connectivity index (χ0n) is 15.0. The fourth-order valence-electron chi connectivity index (χ4n) is 2.96. The standard InChI is InChI=1S/C20H20N2O3S2/c1-24-15-4-2-3-14(11-15)20-21-17(13-26-20)18-6-5-16(27-18)12-19(23)22-7-9-25-10-8-22/h2-6,11,13H,7-10,12H2,1H3. The smallest absolute Gasteiger partial charge is 0.227 e. The summed E-state index contributed by atoms with van der Waals surface area (Å²) in [5.41, 5.74) is 2.00. The third-order valence-electron chi connectivity index (χ3n) is 4.42. The van der Waals surface area contributed by atoms with Crippen LogP contribution >= 0.6 is 22.7 Å². The summed E-state index contributed by atoms with van der Waals surface area (Å²) in [5.74, 6) is 0.992. The number of methoxy groups -OCH3 is 1. The molecule has 4 rings (SSSR count). The number of nitrogens with zero attached hydrogens (tertiary/aromatic N) is 2. The van der Waals surface area contributed by atoms with Crippen molar-refractivity contribution in [2.75, 3.05) is 33.4 Å². The van der Waals surface area contributed by atoms with E-state index in [0.29, 0.717) is 32.7 Å². The lowest BCUT2D eigenvalue weighted by Crippen LogP contribution is -2.41. The number of carbonyl (C=O) groups is 1. The summed E-state index contributed by atoms with van der Waals surface area (Å²) < 4.78 is 10.6. The molecule has 3 heterocycles. The number of thiophene rings is 1. The van der Waals surface area contributed by atoms with E-state index in [4.69, 9.17) is 14.5 Å². The van der Waals surface area contributed by atoms with Crippen LogP contribution in [0.1, 0.15) is 4.88 Å². The quantitative estimate of drug-likeness (QED) is 0.651. The molecule has 1 saturated heterocycles. The van der Waals surface area contributed by atoms with E-state index in [1.807, 2.05) is 35.2 Å². The second-order valence-electron chi connectivity index (χ2n) is 6.21. The number of benzene rings is 1. The molecule has 0 radical (unpaired) electrons. The maximum atomic E-state index is 12.4. The topological polar surface area (TPSA) is 51.7 Å². The van der Waals surface area contributed by atoms with Gasteiger partial charge in [0.25, 0.3) is 0 Å². The average molecular weight is 401 g/mol. The predicted molar refractivity (Wildman–Crippen MR) is 109 cm³/mol. The van der Waals surface area contributed by atoms with Crippen LogP contribution in [0.5, 0.6) is 5.75 Å². The van der Waals surface area contributed by atoms with Gasteiger partial charge in [-0.3, -0.25) is 4.79 Å². The molecule has 27 heavy (non-hydrogen) atoms. The number of aromatic nitrogens is 1. The number of amides is 1. The van der Waals surface area contributed by atoms with Crippen LogP contribution in [0.4, 0.5) is 0 Å². The summed E-state index contributed by atoms with van der Waals surface area (Å²) in [6, 6.07) is 12.0. The minimum Gasteiger partial charge on any atom is -0.497 e. The van der Waals surface area contributed by atoms with E-state index in [1.54, 1.807) is 29.8 Å². The monoisotopic (exact) mass is 400 g/mol. The van der Waals surface area contributed by atoms with Crippen LogP contribution < -0.4 is 4.74 Å². The molecule has 1 aliphatic rings. The number of ether oxygens (including phenoxy) is 2. The van der Waals surface area contributed by atoms with E-state index in [2.05, 4.69) is 11.4 Å². The Morgan fingerprint density at radius 1 is 1.26 bits per heavy atom. The van der Waals surface area contributed by atoms with Crippen molar-refractivity contribution in [3.05, 3.63) is 46.7 Å². The highest BCUT2D eigenvalue weighted by molar-refractivity contribution is 7.16. The summed E-state index contributed by atoms with van der Waals surface area (Å²) in [5, 5.41) is 3.03. The summed E-state index contributed by atoms with van der Waals surface area (Å²) in [6.45, 7) is 2.64. The van der Waals surface area contributed by atoms with Crippen LogP contribution in [0.3, 0.4) is 0 Å². The maximum Gasteiger partial charge on any atom is 0.227 e. The van der Waals surface area contributed by atoms with E-state index in [9.17, 15) is 4.79 Å². The Balaban J connectivity index is 1.47. The fourth-order valence-corrected chi connectivity index (χ4v) is 4.81. The van der Waals surface area contributed by atoms with Gasteiger partial charge in [-0.1, -0.05) is 12.1 Å². The van der Waals surface area contributed by atoms with E-state index < -0.39 is 0 Å². The molecule has 0 aliphatic carbocycles. The molecule has 1 amide bonds. The van der Waals surface area contributed by atoms with Gasteiger partial charge in [-0.25, -0.2) is 4.98 Å². The highest BCUT2D eigenvalue weighted by atomic mass is 32.1. The van der Waals surface area contributed by atoms with Crippen LogP contribution in [0.25, 0.3) is 21.1 Å². The van der Waals surface area contributed by atoms with E-state index in [1.165, 1.54) is 0 Å². The maximum absolute atomic E-state index is 12.4. The van der Waals surface area contributed by atoms with Gasteiger partial charge in [0.1, 0.15) is 10.8 Å². The van der Waals surface area contributed by atoms with Crippen LogP contribution in [0.15, 0.2) is 41.8 Å². The van der Waals surface area contributed by atoms with Crippen LogP contribution in [-0.2, 0) is 16.0 Å². The van der Waals surface area contributed by atoms with Crippen molar-refractivity contribution in [1.29, 1.82) is 0 Å². The van der Waals surface area contributed by atoms with Crippen molar-refractivity contribution >= 4 is 28.6 Å². The van der Waals surface area contributed by atoms with Gasteiger partial charge in [-0.15, -0.1) is 22.7 Å². The molecular formula is C20H20N2O3S2. The molecule has 0 N–H and O–H groups in total. The highest BCUT2D eigenvalue weighted by Crippen LogP contribution is 2.34. The van der Waals surface area contributed by atoms with Crippen molar-refractivity contribution in [3.63, 3.8) is 0 Å². The lowest BCUT2D eigenvalue weighted by molar-refractivity contribution is -0.134. The molecule has 5 nitrogen and oxygen atoms in total. The molecule has 2 aromatic heterocycles. The van der Waals surface area contributed by atoms with Gasteiger partial charge >= 0.3 is 0 Å². The van der Waals surface area contributed by atoms with Gasteiger partial charge in [0, 0.05) is 28.9 Å². The predicted octanol–water partition coefficient (Wildman–Crippen LogP) is 3.95. The molecule has 3 aromatic rings. The first-order chi connectivity index (χ1) is 13.2. The van der Waals surface area contributed by atoms with Crippen molar-refractivity contribution in [1.82, 2.24) is 9.88 Å². The van der Waals surface area contributed by atoms with E-state index in [0.717, 1.165) is 31.8 Å². The zero-order chi connectivity index (χ0) is 18.6.